The molecule has 206 valence electrons. The van der Waals surface area contributed by atoms with Crippen LogP contribution in [0.1, 0.15) is 0 Å². The molecule has 0 N–H and O–H groups in total. The van der Waals surface area contributed by atoms with Gasteiger partial charge in [-0.05, 0) is 52.1 Å². The molecule has 0 saturated carbocycles. The van der Waals surface area contributed by atoms with Crippen LogP contribution in [0.25, 0.3) is 86.7 Å². The standard InChI is InChI=1S/C40H24N2OS/c1-2-6-27(7-3-1)36-19-17-29(23-42-36)25-12-14-26(15-13-25)30-8-4-10-34-35-11-5-9-31(40(35)44-39(30)34)28-16-18-32-33-20-21-41-24-38(33)43-37(32)22-28/h1-24H. The first-order valence-corrected chi connectivity index (χ1v) is 15.4. The fraction of sp³-hybridized carbons (Fsp3) is 0. The number of pyridine rings is 2. The first-order chi connectivity index (χ1) is 21.8. The highest BCUT2D eigenvalue weighted by Crippen LogP contribution is 2.44. The molecule has 0 bridgehead atoms. The van der Waals surface area contributed by atoms with Crippen molar-refractivity contribution in [3.8, 4) is 44.6 Å². The van der Waals surface area contributed by atoms with Gasteiger partial charge in [-0.15, -0.1) is 11.3 Å². The SMILES string of the molecule is c1ccc(-c2ccc(-c3ccc(-c4cccc5c4sc4c(-c6ccc7c(c6)oc6cnccc67)cccc45)cc3)cn2)cc1. The number of nitrogens with zero attached hydrogens (tertiary/aromatic N) is 2. The Balaban J connectivity index is 1.10. The summed E-state index contributed by atoms with van der Waals surface area (Å²) in [7, 11) is 0. The normalized spacial score (nSPS) is 11.6. The van der Waals surface area contributed by atoms with Crippen LogP contribution in [-0.2, 0) is 0 Å². The average Bonchev–Trinajstić information content (AvgIpc) is 3.67. The molecule has 0 saturated heterocycles. The lowest BCUT2D eigenvalue weighted by molar-refractivity contribution is 0.667. The Morgan fingerprint density at radius 3 is 1.89 bits per heavy atom. The number of thiophene rings is 1. The molecular formula is C40H24N2OS. The average molecular weight is 581 g/mol. The molecule has 9 aromatic rings. The van der Waals surface area contributed by atoms with Gasteiger partial charge in [0.25, 0.3) is 0 Å². The molecule has 0 amide bonds. The summed E-state index contributed by atoms with van der Waals surface area (Å²) in [6, 6.07) is 45.2. The second-order valence-corrected chi connectivity index (χ2v) is 12.0. The summed E-state index contributed by atoms with van der Waals surface area (Å²) >= 11 is 1.86. The van der Waals surface area contributed by atoms with Gasteiger partial charge in [-0.25, -0.2) is 0 Å². The number of rotatable bonds is 4. The molecule has 0 spiro atoms. The quantitative estimate of drug-likeness (QED) is 0.208. The molecular weight excluding hydrogens is 557 g/mol. The number of benzene rings is 5. The molecule has 0 fully saturated rings. The maximum atomic E-state index is 6.17. The van der Waals surface area contributed by atoms with Crippen LogP contribution in [0.2, 0.25) is 0 Å². The third kappa shape index (κ3) is 4.03. The second kappa shape index (κ2) is 10.0. The molecule has 44 heavy (non-hydrogen) atoms. The highest BCUT2D eigenvalue weighted by atomic mass is 32.1. The largest absolute Gasteiger partial charge is 0.454 e. The lowest BCUT2D eigenvalue weighted by atomic mass is 9.98. The van der Waals surface area contributed by atoms with Crippen molar-refractivity contribution in [1.29, 1.82) is 0 Å². The third-order valence-corrected chi connectivity index (χ3v) is 9.76. The Bertz CT molecular complexity index is 2470. The van der Waals surface area contributed by atoms with Crippen molar-refractivity contribution in [2.45, 2.75) is 0 Å². The van der Waals surface area contributed by atoms with Crippen LogP contribution in [-0.4, -0.2) is 9.97 Å². The minimum atomic E-state index is 0.816. The molecule has 5 aromatic carbocycles. The van der Waals surface area contributed by atoms with E-state index in [1.54, 1.807) is 6.20 Å². The molecule has 3 nitrogen and oxygen atoms in total. The van der Waals surface area contributed by atoms with E-state index in [2.05, 4.69) is 108 Å². The highest BCUT2D eigenvalue weighted by molar-refractivity contribution is 7.26. The van der Waals surface area contributed by atoms with Crippen LogP contribution in [0.3, 0.4) is 0 Å². The molecule has 0 atom stereocenters. The van der Waals surface area contributed by atoms with Gasteiger partial charge in [0.05, 0.1) is 11.9 Å². The van der Waals surface area contributed by atoms with E-state index >= 15 is 0 Å². The van der Waals surface area contributed by atoms with E-state index in [-0.39, 0.29) is 0 Å². The summed E-state index contributed by atoms with van der Waals surface area (Å²) in [5.74, 6) is 0. The summed E-state index contributed by atoms with van der Waals surface area (Å²) < 4.78 is 8.75. The van der Waals surface area contributed by atoms with Crippen LogP contribution in [0, 0.1) is 0 Å². The van der Waals surface area contributed by atoms with Gasteiger partial charge in [0.2, 0.25) is 0 Å². The fourth-order valence-corrected chi connectivity index (χ4v) is 7.63. The summed E-state index contributed by atoms with van der Waals surface area (Å²) in [5.41, 5.74) is 10.9. The molecule has 0 aliphatic carbocycles. The first-order valence-electron chi connectivity index (χ1n) is 14.6. The molecule has 9 rings (SSSR count). The van der Waals surface area contributed by atoms with Gasteiger partial charge in [-0.2, -0.15) is 0 Å². The number of fused-ring (bicyclic) bond motifs is 6. The first kappa shape index (κ1) is 25.0. The van der Waals surface area contributed by atoms with Gasteiger partial charge in [0.15, 0.2) is 5.58 Å². The summed E-state index contributed by atoms with van der Waals surface area (Å²) in [6.45, 7) is 0. The smallest absolute Gasteiger partial charge is 0.153 e. The van der Waals surface area contributed by atoms with Crippen LogP contribution >= 0.6 is 11.3 Å². The summed E-state index contributed by atoms with van der Waals surface area (Å²) in [5, 5.41) is 4.77. The van der Waals surface area contributed by atoms with Crippen LogP contribution in [0.5, 0.6) is 0 Å². The number of hydrogen-bond acceptors (Lipinski definition) is 4. The van der Waals surface area contributed by atoms with E-state index in [4.69, 9.17) is 9.40 Å². The van der Waals surface area contributed by atoms with Crippen molar-refractivity contribution in [2.75, 3.05) is 0 Å². The monoisotopic (exact) mass is 580 g/mol. The lowest BCUT2D eigenvalue weighted by Gasteiger charge is -2.07. The maximum Gasteiger partial charge on any atom is 0.153 e. The second-order valence-electron chi connectivity index (χ2n) is 11.0. The Hall–Kier alpha value is -5.58. The van der Waals surface area contributed by atoms with Crippen LogP contribution in [0.4, 0.5) is 0 Å². The highest BCUT2D eigenvalue weighted by Gasteiger charge is 2.15. The molecule has 4 aromatic heterocycles. The Morgan fingerprint density at radius 1 is 0.455 bits per heavy atom. The van der Waals surface area contributed by atoms with E-state index in [9.17, 15) is 0 Å². The zero-order valence-corrected chi connectivity index (χ0v) is 24.4. The van der Waals surface area contributed by atoms with E-state index in [1.165, 1.54) is 36.9 Å². The minimum absolute atomic E-state index is 0.816. The molecule has 4 heteroatoms. The van der Waals surface area contributed by atoms with Gasteiger partial charge >= 0.3 is 0 Å². The van der Waals surface area contributed by atoms with E-state index < -0.39 is 0 Å². The Kier molecular flexibility index (Phi) is 5.68. The van der Waals surface area contributed by atoms with Crippen LogP contribution in [0.15, 0.2) is 150 Å². The van der Waals surface area contributed by atoms with Gasteiger partial charge in [0.1, 0.15) is 5.58 Å². The molecule has 4 heterocycles. The number of hydrogen-bond donors (Lipinski definition) is 0. The van der Waals surface area contributed by atoms with E-state index in [0.717, 1.165) is 49.9 Å². The molecule has 0 aliphatic rings. The fourth-order valence-electron chi connectivity index (χ4n) is 6.26. The van der Waals surface area contributed by atoms with Crippen LogP contribution < -0.4 is 0 Å². The van der Waals surface area contributed by atoms with Crippen molar-refractivity contribution < 1.29 is 4.42 Å². The maximum absolute atomic E-state index is 6.17. The summed E-state index contributed by atoms with van der Waals surface area (Å²) in [4.78, 5) is 8.95. The van der Waals surface area contributed by atoms with Gasteiger partial charge < -0.3 is 4.42 Å². The van der Waals surface area contributed by atoms with Gasteiger partial charge in [0, 0.05) is 54.5 Å². The lowest BCUT2D eigenvalue weighted by Crippen LogP contribution is -1.85. The zero-order chi connectivity index (χ0) is 29.0. The minimum Gasteiger partial charge on any atom is -0.454 e. The number of aromatic nitrogens is 2. The van der Waals surface area contributed by atoms with Gasteiger partial charge in [-0.1, -0.05) is 103 Å². The van der Waals surface area contributed by atoms with Crippen molar-refractivity contribution in [3.63, 3.8) is 0 Å². The van der Waals surface area contributed by atoms with Crippen molar-refractivity contribution in [1.82, 2.24) is 9.97 Å². The topological polar surface area (TPSA) is 38.9 Å². The van der Waals surface area contributed by atoms with Gasteiger partial charge in [-0.3, -0.25) is 9.97 Å². The van der Waals surface area contributed by atoms with Crippen molar-refractivity contribution >= 4 is 53.4 Å². The molecule has 0 unspecified atom stereocenters. The van der Waals surface area contributed by atoms with E-state index in [1.807, 2.05) is 48.0 Å². The predicted molar refractivity (Wildman–Crippen MR) is 184 cm³/mol. The third-order valence-electron chi connectivity index (χ3n) is 8.47. The zero-order valence-electron chi connectivity index (χ0n) is 23.6. The molecule has 0 aliphatic heterocycles. The Labute approximate surface area is 257 Å². The predicted octanol–water partition coefficient (Wildman–Crippen LogP) is 11.4. The van der Waals surface area contributed by atoms with E-state index in [0.29, 0.717) is 0 Å². The molecule has 0 radical (unpaired) electrons. The Morgan fingerprint density at radius 2 is 1.14 bits per heavy atom. The van der Waals surface area contributed by atoms with Crippen molar-refractivity contribution in [3.05, 3.63) is 146 Å². The number of furan rings is 1. The van der Waals surface area contributed by atoms with Crippen molar-refractivity contribution in [2.24, 2.45) is 0 Å². The summed E-state index contributed by atoms with van der Waals surface area (Å²) in [6.07, 6.45) is 5.56.